The van der Waals surface area contributed by atoms with Crippen molar-refractivity contribution in [1.82, 2.24) is 0 Å². The van der Waals surface area contributed by atoms with Crippen molar-refractivity contribution in [3.8, 4) is 5.75 Å². The van der Waals surface area contributed by atoms with Gasteiger partial charge < -0.3 is 20.0 Å². The minimum Gasteiger partial charge on any atom is -0.550 e. The molecule has 0 aliphatic heterocycles. The summed E-state index contributed by atoms with van der Waals surface area (Å²) in [5.74, 6) is -2.49. The van der Waals surface area contributed by atoms with E-state index in [1.807, 2.05) is 38.1 Å². The van der Waals surface area contributed by atoms with E-state index in [0.717, 1.165) is 11.1 Å². The van der Waals surface area contributed by atoms with Crippen LogP contribution < -0.4 is 15.2 Å². The van der Waals surface area contributed by atoms with E-state index in [2.05, 4.69) is 5.32 Å². The van der Waals surface area contributed by atoms with Gasteiger partial charge in [0.05, 0.1) is 12.5 Å². The number of benzene rings is 2. The summed E-state index contributed by atoms with van der Waals surface area (Å²) in [7, 11) is 0. The molecular weight excluding hydrogens is 330 g/mol. The van der Waals surface area contributed by atoms with Crippen molar-refractivity contribution in [2.45, 2.75) is 27.2 Å². The third-order valence-corrected chi connectivity index (χ3v) is 4.32. The van der Waals surface area contributed by atoms with Crippen molar-refractivity contribution in [3.63, 3.8) is 0 Å². The van der Waals surface area contributed by atoms with Gasteiger partial charge in [-0.05, 0) is 50.1 Å². The van der Waals surface area contributed by atoms with Crippen LogP contribution in [0.2, 0.25) is 0 Å². The van der Waals surface area contributed by atoms with Gasteiger partial charge in [-0.15, -0.1) is 0 Å². The van der Waals surface area contributed by atoms with E-state index in [1.165, 1.54) is 6.92 Å². The number of hydrogen-bond donors (Lipinski definition) is 1. The summed E-state index contributed by atoms with van der Waals surface area (Å²) in [6, 6.07) is 14.7. The molecule has 0 saturated heterocycles. The molecule has 1 amide bonds. The van der Waals surface area contributed by atoms with Crippen molar-refractivity contribution in [2.75, 3.05) is 11.9 Å². The van der Waals surface area contributed by atoms with Crippen molar-refractivity contribution in [1.29, 1.82) is 0 Å². The number of carboxylic acid groups (broad SMARTS) is 1. The molecule has 0 spiro atoms. The SMILES string of the molecule is CCOc1ccc(NC(=O)[C@H](Cc2ccc(C)cc2)[C@H](C)C(=O)[O-])cc1. The Bertz CT molecular complexity index is 738. The van der Waals surface area contributed by atoms with Gasteiger partial charge in [0.25, 0.3) is 0 Å². The Kier molecular flexibility index (Phi) is 6.78. The topological polar surface area (TPSA) is 78.5 Å². The van der Waals surface area contributed by atoms with Crippen LogP contribution in [0.25, 0.3) is 0 Å². The van der Waals surface area contributed by atoms with Gasteiger partial charge in [-0.2, -0.15) is 0 Å². The third-order valence-electron chi connectivity index (χ3n) is 4.32. The highest BCUT2D eigenvalue weighted by molar-refractivity contribution is 5.95. The average Bonchev–Trinajstić information content (AvgIpc) is 2.62. The lowest BCUT2D eigenvalue weighted by molar-refractivity contribution is -0.312. The number of anilines is 1. The largest absolute Gasteiger partial charge is 0.550 e. The lowest BCUT2D eigenvalue weighted by atomic mass is 9.87. The van der Waals surface area contributed by atoms with Crippen LogP contribution in [0.15, 0.2) is 48.5 Å². The number of carbonyl (C=O) groups excluding carboxylic acids is 2. The number of amides is 1. The second-order valence-electron chi connectivity index (χ2n) is 6.35. The molecular formula is C21H24NO4-. The van der Waals surface area contributed by atoms with E-state index in [-0.39, 0.29) is 5.91 Å². The second kappa shape index (κ2) is 9.04. The molecule has 1 N–H and O–H groups in total. The fourth-order valence-electron chi connectivity index (χ4n) is 2.68. The minimum absolute atomic E-state index is 0.332. The first-order chi connectivity index (χ1) is 12.4. The Hall–Kier alpha value is -2.82. The Morgan fingerprint density at radius 3 is 2.23 bits per heavy atom. The predicted octanol–water partition coefficient (Wildman–Crippen LogP) is 2.58. The van der Waals surface area contributed by atoms with Gasteiger partial charge >= 0.3 is 0 Å². The number of carboxylic acids is 1. The maximum absolute atomic E-state index is 12.7. The molecule has 2 rings (SSSR count). The number of aliphatic carboxylic acids is 1. The molecule has 2 aromatic carbocycles. The van der Waals surface area contributed by atoms with Crippen LogP contribution >= 0.6 is 0 Å². The number of carbonyl (C=O) groups is 2. The van der Waals surface area contributed by atoms with Gasteiger partial charge in [-0.25, -0.2) is 0 Å². The van der Waals surface area contributed by atoms with Crippen LogP contribution in [0.4, 0.5) is 5.69 Å². The van der Waals surface area contributed by atoms with Crippen LogP contribution in [-0.2, 0) is 16.0 Å². The van der Waals surface area contributed by atoms with Crippen molar-refractivity contribution < 1.29 is 19.4 Å². The Labute approximate surface area is 154 Å². The highest BCUT2D eigenvalue weighted by atomic mass is 16.5. The van der Waals surface area contributed by atoms with E-state index in [0.29, 0.717) is 24.5 Å². The summed E-state index contributed by atoms with van der Waals surface area (Å²) in [5, 5.41) is 14.1. The van der Waals surface area contributed by atoms with E-state index in [1.54, 1.807) is 24.3 Å². The van der Waals surface area contributed by atoms with Gasteiger partial charge in [-0.1, -0.05) is 36.8 Å². The zero-order chi connectivity index (χ0) is 19.1. The monoisotopic (exact) mass is 354 g/mol. The normalized spacial score (nSPS) is 12.9. The highest BCUT2D eigenvalue weighted by Crippen LogP contribution is 2.22. The zero-order valence-corrected chi connectivity index (χ0v) is 15.3. The first-order valence-electron chi connectivity index (χ1n) is 8.70. The van der Waals surface area contributed by atoms with Gasteiger partial charge in [0.2, 0.25) is 5.91 Å². The molecule has 0 fully saturated rings. The summed E-state index contributed by atoms with van der Waals surface area (Å²) >= 11 is 0. The number of ether oxygens (including phenoxy) is 1. The molecule has 0 heterocycles. The molecule has 0 aromatic heterocycles. The molecule has 0 radical (unpaired) electrons. The lowest BCUT2D eigenvalue weighted by Gasteiger charge is -2.24. The van der Waals surface area contributed by atoms with E-state index < -0.39 is 17.8 Å². The summed E-state index contributed by atoms with van der Waals surface area (Å²) in [5.41, 5.74) is 2.62. The van der Waals surface area contributed by atoms with Gasteiger partial charge in [-0.3, -0.25) is 4.79 Å². The quantitative estimate of drug-likeness (QED) is 0.790. The average molecular weight is 354 g/mol. The molecule has 5 nitrogen and oxygen atoms in total. The van der Waals surface area contributed by atoms with E-state index in [9.17, 15) is 14.7 Å². The summed E-state index contributed by atoms with van der Waals surface area (Å²) < 4.78 is 5.37. The Balaban J connectivity index is 2.14. The molecule has 0 unspecified atom stereocenters. The minimum atomic E-state index is -1.23. The number of nitrogens with one attached hydrogen (secondary N) is 1. The molecule has 0 aliphatic rings. The fraction of sp³-hybridized carbons (Fsp3) is 0.333. The second-order valence-corrected chi connectivity index (χ2v) is 6.35. The number of rotatable bonds is 8. The summed E-state index contributed by atoms with van der Waals surface area (Å²) in [4.78, 5) is 24.1. The lowest BCUT2D eigenvalue weighted by Crippen LogP contribution is -2.40. The number of aryl methyl sites for hydroxylation is 1. The van der Waals surface area contributed by atoms with E-state index >= 15 is 0 Å². The molecule has 138 valence electrons. The smallest absolute Gasteiger partial charge is 0.228 e. The van der Waals surface area contributed by atoms with E-state index in [4.69, 9.17) is 4.74 Å². The van der Waals surface area contributed by atoms with Crippen LogP contribution in [0.3, 0.4) is 0 Å². The fourth-order valence-corrected chi connectivity index (χ4v) is 2.68. The maximum atomic E-state index is 12.7. The Morgan fingerprint density at radius 2 is 1.69 bits per heavy atom. The molecule has 0 saturated carbocycles. The zero-order valence-electron chi connectivity index (χ0n) is 15.3. The molecule has 5 heteroatoms. The number of hydrogen-bond acceptors (Lipinski definition) is 4. The van der Waals surface area contributed by atoms with Gasteiger partial charge in [0, 0.05) is 17.6 Å². The van der Waals surface area contributed by atoms with Crippen molar-refractivity contribution >= 4 is 17.6 Å². The maximum Gasteiger partial charge on any atom is 0.228 e. The molecule has 2 aromatic rings. The highest BCUT2D eigenvalue weighted by Gasteiger charge is 2.26. The summed E-state index contributed by atoms with van der Waals surface area (Å²) in [6.07, 6.45) is 0.332. The molecule has 2 atom stereocenters. The van der Waals surface area contributed by atoms with Crippen LogP contribution in [0.5, 0.6) is 5.75 Å². The predicted molar refractivity (Wildman–Crippen MR) is 98.8 cm³/mol. The van der Waals surface area contributed by atoms with Crippen LogP contribution in [0.1, 0.15) is 25.0 Å². The van der Waals surface area contributed by atoms with Gasteiger partial charge in [0.1, 0.15) is 5.75 Å². The standard InChI is InChI=1S/C21H25NO4/c1-4-26-18-11-9-17(10-12-18)22-20(23)19(15(3)21(24)25)13-16-7-5-14(2)6-8-16/h5-12,15,19H,4,13H2,1-3H3,(H,22,23)(H,24,25)/p-1/t15-,19+/m0/s1. The van der Waals surface area contributed by atoms with Crippen LogP contribution in [-0.4, -0.2) is 18.5 Å². The third kappa shape index (κ3) is 5.34. The Morgan fingerprint density at radius 1 is 1.08 bits per heavy atom. The molecule has 0 bridgehead atoms. The first kappa shape index (κ1) is 19.5. The van der Waals surface area contributed by atoms with Crippen molar-refractivity contribution in [2.24, 2.45) is 11.8 Å². The van der Waals surface area contributed by atoms with Crippen molar-refractivity contribution in [3.05, 3.63) is 59.7 Å². The molecule has 0 aliphatic carbocycles. The van der Waals surface area contributed by atoms with Gasteiger partial charge in [0.15, 0.2) is 0 Å². The van der Waals surface area contributed by atoms with Crippen LogP contribution in [0, 0.1) is 18.8 Å². The first-order valence-corrected chi connectivity index (χ1v) is 8.70. The molecule has 26 heavy (non-hydrogen) atoms. The summed E-state index contributed by atoms with van der Waals surface area (Å²) in [6.45, 7) is 5.94.